The molecule has 0 bridgehead atoms. The van der Waals surface area contributed by atoms with E-state index in [1.54, 1.807) is 0 Å². The van der Waals surface area contributed by atoms with Crippen LogP contribution in [0.1, 0.15) is 11.8 Å². The molecule has 2 heterocycles. The Kier molecular flexibility index (Phi) is 2.68. The standard InChI is InChI=1S/C10H10N2O5/c1-5-3-12(10(16)11-8(5)15)9-7(14)2-6(4-13)17-9/h2-4,7,9,14H,1H3,(H,11,15,16)/t7-,9-/m1/s1. The first-order valence-corrected chi connectivity index (χ1v) is 4.86. The number of aliphatic hydroxyl groups is 1. The number of aliphatic hydroxyl groups excluding tert-OH is 1. The Bertz CT molecular complexity index is 597. The zero-order chi connectivity index (χ0) is 12.6. The SMILES string of the molecule is Cc1cn([C@@H]2OC(C=O)=C[C@H]2O)c(=O)[nH]c1=O. The molecule has 1 aliphatic rings. The van der Waals surface area contributed by atoms with Crippen LogP contribution in [0, 0.1) is 6.92 Å². The average molecular weight is 238 g/mol. The molecule has 1 aliphatic heterocycles. The molecule has 0 amide bonds. The monoisotopic (exact) mass is 238 g/mol. The van der Waals surface area contributed by atoms with Crippen molar-refractivity contribution in [2.24, 2.45) is 0 Å². The van der Waals surface area contributed by atoms with E-state index in [4.69, 9.17) is 4.74 Å². The number of rotatable bonds is 2. The number of aldehydes is 1. The highest BCUT2D eigenvalue weighted by Crippen LogP contribution is 2.23. The average Bonchev–Trinajstić information content (AvgIpc) is 2.65. The molecule has 1 aromatic heterocycles. The molecule has 0 aliphatic carbocycles. The van der Waals surface area contributed by atoms with Crippen molar-refractivity contribution in [3.8, 4) is 0 Å². The summed E-state index contributed by atoms with van der Waals surface area (Å²) in [5.41, 5.74) is -0.896. The maximum atomic E-state index is 11.5. The van der Waals surface area contributed by atoms with Crippen LogP contribution < -0.4 is 11.2 Å². The number of H-pyrrole nitrogens is 1. The van der Waals surface area contributed by atoms with Gasteiger partial charge in [-0.25, -0.2) is 4.79 Å². The molecule has 0 saturated heterocycles. The van der Waals surface area contributed by atoms with Gasteiger partial charge in [-0.15, -0.1) is 0 Å². The Hall–Kier alpha value is -2.15. The van der Waals surface area contributed by atoms with Crippen molar-refractivity contribution in [3.05, 3.63) is 44.4 Å². The molecule has 7 nitrogen and oxygen atoms in total. The first-order valence-electron chi connectivity index (χ1n) is 4.86. The van der Waals surface area contributed by atoms with Gasteiger partial charge in [-0.3, -0.25) is 19.1 Å². The summed E-state index contributed by atoms with van der Waals surface area (Å²) in [5, 5.41) is 9.62. The van der Waals surface area contributed by atoms with Crippen molar-refractivity contribution in [3.63, 3.8) is 0 Å². The Morgan fingerprint density at radius 3 is 2.82 bits per heavy atom. The number of carbonyl (C=O) groups excluding carboxylic acids is 1. The van der Waals surface area contributed by atoms with Gasteiger partial charge in [0.05, 0.1) is 0 Å². The van der Waals surface area contributed by atoms with Crippen LogP contribution in [0.15, 0.2) is 27.6 Å². The largest absolute Gasteiger partial charge is 0.464 e. The van der Waals surface area contributed by atoms with Crippen LogP contribution in [-0.2, 0) is 9.53 Å². The van der Waals surface area contributed by atoms with E-state index in [9.17, 15) is 19.5 Å². The van der Waals surface area contributed by atoms with Gasteiger partial charge in [0, 0.05) is 11.8 Å². The molecule has 0 spiro atoms. The van der Waals surface area contributed by atoms with Gasteiger partial charge in [-0.05, 0) is 13.0 Å². The van der Waals surface area contributed by atoms with Gasteiger partial charge in [0.2, 0.25) is 6.23 Å². The van der Waals surface area contributed by atoms with Gasteiger partial charge in [0.1, 0.15) is 6.10 Å². The highest BCUT2D eigenvalue weighted by Gasteiger charge is 2.29. The molecule has 1 aromatic rings. The van der Waals surface area contributed by atoms with Crippen LogP contribution in [0.3, 0.4) is 0 Å². The molecule has 7 heteroatoms. The van der Waals surface area contributed by atoms with E-state index in [0.717, 1.165) is 4.57 Å². The summed E-state index contributed by atoms with van der Waals surface area (Å²) in [6, 6.07) is 0. The zero-order valence-corrected chi connectivity index (χ0v) is 8.91. The second-order valence-corrected chi connectivity index (χ2v) is 3.66. The smallest absolute Gasteiger partial charge is 0.331 e. The van der Waals surface area contributed by atoms with Crippen LogP contribution in [0.25, 0.3) is 0 Å². The molecule has 0 unspecified atom stereocenters. The van der Waals surface area contributed by atoms with Crippen LogP contribution >= 0.6 is 0 Å². The molecule has 2 atom stereocenters. The minimum Gasteiger partial charge on any atom is -0.464 e. The Morgan fingerprint density at radius 1 is 1.53 bits per heavy atom. The van der Waals surface area contributed by atoms with E-state index in [0.29, 0.717) is 11.8 Å². The molecular weight excluding hydrogens is 228 g/mol. The van der Waals surface area contributed by atoms with Crippen molar-refractivity contribution in [2.75, 3.05) is 0 Å². The minimum absolute atomic E-state index is 0.0433. The lowest BCUT2D eigenvalue weighted by Gasteiger charge is -2.17. The quantitative estimate of drug-likeness (QED) is 0.631. The lowest BCUT2D eigenvalue weighted by atomic mass is 10.3. The summed E-state index contributed by atoms with van der Waals surface area (Å²) in [5.74, 6) is -0.0433. The van der Waals surface area contributed by atoms with E-state index >= 15 is 0 Å². The summed E-state index contributed by atoms with van der Waals surface area (Å²) < 4.78 is 6.10. The fourth-order valence-electron chi connectivity index (χ4n) is 1.56. The molecule has 0 saturated carbocycles. The van der Waals surface area contributed by atoms with Crippen LogP contribution in [0.4, 0.5) is 0 Å². The molecule has 0 radical (unpaired) electrons. The van der Waals surface area contributed by atoms with E-state index < -0.39 is 23.6 Å². The number of nitrogens with one attached hydrogen (secondary N) is 1. The first-order chi connectivity index (χ1) is 8.02. The third-order valence-corrected chi connectivity index (χ3v) is 2.42. The fourth-order valence-corrected chi connectivity index (χ4v) is 1.56. The summed E-state index contributed by atoms with van der Waals surface area (Å²) in [6.07, 6.45) is 0.769. The zero-order valence-electron chi connectivity index (χ0n) is 8.91. The number of aromatic nitrogens is 2. The van der Waals surface area contributed by atoms with Crippen molar-refractivity contribution in [2.45, 2.75) is 19.3 Å². The second-order valence-electron chi connectivity index (χ2n) is 3.66. The van der Waals surface area contributed by atoms with Crippen LogP contribution in [0.2, 0.25) is 0 Å². The number of aromatic amines is 1. The van der Waals surface area contributed by atoms with Crippen molar-refractivity contribution in [1.29, 1.82) is 0 Å². The number of allylic oxidation sites excluding steroid dienone is 1. The van der Waals surface area contributed by atoms with Gasteiger partial charge in [-0.2, -0.15) is 0 Å². The number of hydrogen-bond acceptors (Lipinski definition) is 5. The number of hydrogen-bond donors (Lipinski definition) is 2. The van der Waals surface area contributed by atoms with Crippen LogP contribution in [-0.4, -0.2) is 27.0 Å². The van der Waals surface area contributed by atoms with Gasteiger partial charge >= 0.3 is 5.69 Å². The molecule has 90 valence electrons. The normalized spacial score (nSPS) is 23.1. The van der Waals surface area contributed by atoms with Crippen molar-refractivity contribution >= 4 is 6.29 Å². The maximum Gasteiger partial charge on any atom is 0.331 e. The predicted octanol–water partition coefficient (Wildman–Crippen LogP) is -1.18. The lowest BCUT2D eigenvalue weighted by molar-refractivity contribution is -0.109. The lowest BCUT2D eigenvalue weighted by Crippen LogP contribution is -2.36. The highest BCUT2D eigenvalue weighted by atomic mass is 16.5. The molecule has 17 heavy (non-hydrogen) atoms. The van der Waals surface area contributed by atoms with Gasteiger partial charge < -0.3 is 9.84 Å². The van der Waals surface area contributed by atoms with E-state index in [-0.39, 0.29) is 5.76 Å². The number of ether oxygens (including phenoxy) is 1. The summed E-state index contributed by atoms with van der Waals surface area (Å²) in [7, 11) is 0. The first kappa shape index (κ1) is 11.3. The maximum absolute atomic E-state index is 11.5. The molecule has 0 fully saturated rings. The summed E-state index contributed by atoms with van der Waals surface area (Å²) in [6.45, 7) is 1.52. The van der Waals surface area contributed by atoms with E-state index in [2.05, 4.69) is 4.98 Å². The third-order valence-electron chi connectivity index (χ3n) is 2.42. The summed E-state index contributed by atoms with van der Waals surface area (Å²) >= 11 is 0. The second kappa shape index (κ2) is 4.02. The third kappa shape index (κ3) is 1.92. The Labute approximate surface area is 95.0 Å². The van der Waals surface area contributed by atoms with Gasteiger partial charge in [-0.1, -0.05) is 0 Å². The number of carbonyl (C=O) groups is 1. The Balaban J connectivity index is 2.44. The predicted molar refractivity (Wildman–Crippen MR) is 56.3 cm³/mol. The topological polar surface area (TPSA) is 101 Å². The highest BCUT2D eigenvalue weighted by molar-refractivity contribution is 5.71. The number of nitrogens with zero attached hydrogens (tertiary/aromatic N) is 1. The van der Waals surface area contributed by atoms with E-state index in [1.165, 1.54) is 19.2 Å². The van der Waals surface area contributed by atoms with E-state index in [1.807, 2.05) is 0 Å². The van der Waals surface area contributed by atoms with Gasteiger partial charge in [0.25, 0.3) is 5.56 Å². The molecule has 2 N–H and O–H groups in total. The fraction of sp³-hybridized carbons (Fsp3) is 0.300. The molecular formula is C10H10N2O5. The molecule has 0 aromatic carbocycles. The Morgan fingerprint density at radius 2 is 2.24 bits per heavy atom. The molecule has 2 rings (SSSR count). The minimum atomic E-state index is -1.11. The van der Waals surface area contributed by atoms with Gasteiger partial charge in [0.15, 0.2) is 12.0 Å². The summed E-state index contributed by atoms with van der Waals surface area (Å²) in [4.78, 5) is 35.3. The van der Waals surface area contributed by atoms with Crippen molar-refractivity contribution < 1.29 is 14.6 Å². The van der Waals surface area contributed by atoms with Crippen LogP contribution in [0.5, 0.6) is 0 Å². The van der Waals surface area contributed by atoms with Crippen molar-refractivity contribution in [1.82, 2.24) is 9.55 Å². The number of aryl methyl sites for hydroxylation is 1.